The molecular weight excluding hydrogens is 350 g/mol. The van der Waals surface area contributed by atoms with E-state index < -0.39 is 6.04 Å². The fraction of sp³-hybridized carbons (Fsp3) is 0.478. The normalized spacial score (nSPS) is 20.7. The molecule has 0 spiro atoms. The van der Waals surface area contributed by atoms with Crippen LogP contribution in [0.4, 0.5) is 0 Å². The molecule has 2 amide bonds. The Labute approximate surface area is 167 Å². The van der Waals surface area contributed by atoms with Gasteiger partial charge in [-0.1, -0.05) is 38.1 Å². The molecule has 2 aromatic rings. The lowest BCUT2D eigenvalue weighted by Gasteiger charge is -2.37. The zero-order valence-corrected chi connectivity index (χ0v) is 17.5. The van der Waals surface area contributed by atoms with Gasteiger partial charge in [0.2, 0.25) is 11.8 Å². The van der Waals surface area contributed by atoms with E-state index in [1.54, 1.807) is 11.9 Å². The molecule has 1 aliphatic heterocycles. The number of likely N-dealkylation sites (N-methyl/N-ethyl adjacent to an activating group) is 1. The van der Waals surface area contributed by atoms with Crippen molar-refractivity contribution in [2.45, 2.75) is 58.2 Å². The van der Waals surface area contributed by atoms with E-state index in [0.717, 1.165) is 16.5 Å². The van der Waals surface area contributed by atoms with E-state index in [-0.39, 0.29) is 23.4 Å². The lowest BCUT2D eigenvalue weighted by Crippen LogP contribution is -2.62. The molecule has 150 valence electrons. The number of aromatic nitrogens is 1. The second-order valence-corrected chi connectivity index (χ2v) is 8.76. The van der Waals surface area contributed by atoms with Crippen LogP contribution in [0.15, 0.2) is 43.1 Å². The van der Waals surface area contributed by atoms with Gasteiger partial charge < -0.3 is 14.8 Å². The maximum Gasteiger partial charge on any atom is 0.245 e. The minimum atomic E-state index is -0.535. The molecule has 1 aliphatic rings. The fourth-order valence-corrected chi connectivity index (χ4v) is 3.96. The van der Waals surface area contributed by atoms with Crippen LogP contribution in [0.2, 0.25) is 0 Å². The Morgan fingerprint density at radius 3 is 2.57 bits per heavy atom. The zero-order chi connectivity index (χ0) is 20.6. The van der Waals surface area contributed by atoms with Gasteiger partial charge in [0.25, 0.3) is 0 Å². The molecule has 1 aromatic carbocycles. The van der Waals surface area contributed by atoms with Gasteiger partial charge in [-0.15, -0.1) is 6.58 Å². The number of carbonyl (C=O) groups is 2. The molecular formula is C23H31N3O2. The van der Waals surface area contributed by atoms with Gasteiger partial charge in [0.1, 0.15) is 12.1 Å². The summed E-state index contributed by atoms with van der Waals surface area (Å²) in [5.74, 6) is 0.266. The monoisotopic (exact) mass is 381 g/mol. The van der Waals surface area contributed by atoms with Crippen LogP contribution in [0.1, 0.15) is 39.7 Å². The van der Waals surface area contributed by atoms with Crippen molar-refractivity contribution in [1.29, 1.82) is 0 Å². The number of hydrogen-bond donors (Lipinski definition) is 1. The third-order valence-corrected chi connectivity index (χ3v) is 5.77. The first-order valence-electron chi connectivity index (χ1n) is 9.95. The smallest absolute Gasteiger partial charge is 0.245 e. The Morgan fingerprint density at radius 2 is 1.93 bits per heavy atom. The maximum atomic E-state index is 13.0. The fourth-order valence-electron chi connectivity index (χ4n) is 3.96. The summed E-state index contributed by atoms with van der Waals surface area (Å²) >= 11 is 0. The minimum absolute atomic E-state index is 0.0231. The Balaban J connectivity index is 1.92. The highest BCUT2D eigenvalue weighted by Crippen LogP contribution is 2.30. The molecule has 2 heterocycles. The van der Waals surface area contributed by atoms with Gasteiger partial charge >= 0.3 is 0 Å². The molecule has 3 rings (SSSR count). The van der Waals surface area contributed by atoms with Gasteiger partial charge in [-0.2, -0.15) is 0 Å². The Kier molecular flexibility index (Phi) is 5.37. The number of amides is 2. The first-order valence-corrected chi connectivity index (χ1v) is 9.95. The first-order chi connectivity index (χ1) is 13.2. The standard InChI is InChI=1S/C23H31N3O2/c1-7-23(4,5)26-14-16(17-10-8-9-11-19(17)26)13-18-22(28)25(6)20(12-15(2)3)21(27)24-18/h7-11,14-15,18,20H,1,12-13H2,2-6H3,(H,24,27)/t18-,20-/m0/s1. The predicted octanol–water partition coefficient (Wildman–Crippen LogP) is 3.48. The zero-order valence-electron chi connectivity index (χ0n) is 17.5. The van der Waals surface area contributed by atoms with Gasteiger partial charge in [0.15, 0.2) is 0 Å². The number of allylic oxidation sites excluding steroid dienone is 1. The highest BCUT2D eigenvalue weighted by atomic mass is 16.2. The largest absolute Gasteiger partial charge is 0.342 e. The molecule has 0 saturated carbocycles. The molecule has 1 aromatic heterocycles. The first kappa shape index (κ1) is 20.2. The van der Waals surface area contributed by atoms with Gasteiger partial charge in [-0.3, -0.25) is 9.59 Å². The van der Waals surface area contributed by atoms with Crippen LogP contribution < -0.4 is 5.32 Å². The molecule has 28 heavy (non-hydrogen) atoms. The van der Waals surface area contributed by atoms with Crippen molar-refractivity contribution in [3.63, 3.8) is 0 Å². The third kappa shape index (κ3) is 3.58. The molecule has 5 heteroatoms. The quantitative estimate of drug-likeness (QED) is 0.779. The number of rotatable bonds is 6. The van der Waals surface area contributed by atoms with Gasteiger partial charge in [0.05, 0.1) is 5.54 Å². The molecule has 0 aliphatic carbocycles. The Morgan fingerprint density at radius 1 is 1.25 bits per heavy atom. The topological polar surface area (TPSA) is 54.3 Å². The molecule has 1 fully saturated rings. The third-order valence-electron chi connectivity index (χ3n) is 5.77. The second-order valence-electron chi connectivity index (χ2n) is 8.76. The summed E-state index contributed by atoms with van der Waals surface area (Å²) in [6.45, 7) is 12.3. The van der Waals surface area contributed by atoms with Crippen molar-refractivity contribution in [3.05, 3.63) is 48.7 Å². The number of nitrogens with one attached hydrogen (secondary N) is 1. The molecule has 1 N–H and O–H groups in total. The van der Waals surface area contributed by atoms with Crippen LogP contribution in [-0.4, -0.2) is 40.4 Å². The Hall–Kier alpha value is -2.56. The lowest BCUT2D eigenvalue weighted by molar-refractivity contribution is -0.148. The van der Waals surface area contributed by atoms with Crippen molar-refractivity contribution in [3.8, 4) is 0 Å². The summed E-state index contributed by atoms with van der Waals surface area (Å²) in [7, 11) is 1.74. The number of piperazine rings is 1. The highest BCUT2D eigenvalue weighted by Gasteiger charge is 2.39. The predicted molar refractivity (Wildman–Crippen MR) is 113 cm³/mol. The number of para-hydroxylation sites is 1. The summed E-state index contributed by atoms with van der Waals surface area (Å²) in [6, 6.07) is 7.25. The molecule has 0 bridgehead atoms. The van der Waals surface area contributed by atoms with Crippen molar-refractivity contribution >= 4 is 22.7 Å². The van der Waals surface area contributed by atoms with Gasteiger partial charge in [0, 0.05) is 30.6 Å². The van der Waals surface area contributed by atoms with Crippen LogP contribution in [0, 0.1) is 5.92 Å². The summed E-state index contributed by atoms with van der Waals surface area (Å²) in [5, 5.41) is 4.07. The molecule has 0 unspecified atom stereocenters. The second kappa shape index (κ2) is 7.46. The van der Waals surface area contributed by atoms with E-state index >= 15 is 0 Å². The van der Waals surface area contributed by atoms with Crippen molar-refractivity contribution in [1.82, 2.24) is 14.8 Å². The summed E-state index contributed by atoms with van der Waals surface area (Å²) < 4.78 is 2.19. The lowest BCUT2D eigenvalue weighted by atomic mass is 9.96. The van der Waals surface area contributed by atoms with Crippen molar-refractivity contribution in [2.24, 2.45) is 5.92 Å². The number of fused-ring (bicyclic) bond motifs is 1. The molecule has 5 nitrogen and oxygen atoms in total. The Bertz CT molecular complexity index is 910. The molecule has 1 saturated heterocycles. The van der Waals surface area contributed by atoms with E-state index in [2.05, 4.69) is 62.5 Å². The summed E-state index contributed by atoms with van der Waals surface area (Å²) in [4.78, 5) is 27.2. The van der Waals surface area contributed by atoms with Crippen LogP contribution in [0.5, 0.6) is 0 Å². The van der Waals surface area contributed by atoms with Crippen LogP contribution in [-0.2, 0) is 21.5 Å². The van der Waals surface area contributed by atoms with Crippen LogP contribution in [0.3, 0.4) is 0 Å². The SMILES string of the molecule is C=CC(C)(C)n1cc(C[C@@H]2NC(=O)[C@H](CC(C)C)N(C)C2=O)c2ccccc21. The van der Waals surface area contributed by atoms with Crippen molar-refractivity contribution in [2.75, 3.05) is 7.05 Å². The van der Waals surface area contributed by atoms with E-state index in [0.29, 0.717) is 18.8 Å². The molecule has 2 atom stereocenters. The number of nitrogens with zero attached hydrogens (tertiary/aromatic N) is 2. The van der Waals surface area contributed by atoms with Gasteiger partial charge in [-0.05, 0) is 37.8 Å². The van der Waals surface area contributed by atoms with Crippen molar-refractivity contribution < 1.29 is 9.59 Å². The minimum Gasteiger partial charge on any atom is -0.342 e. The average molecular weight is 382 g/mol. The summed E-state index contributed by atoms with van der Waals surface area (Å²) in [6.07, 6.45) is 5.16. The van der Waals surface area contributed by atoms with Gasteiger partial charge in [-0.25, -0.2) is 0 Å². The van der Waals surface area contributed by atoms with E-state index in [1.807, 2.05) is 18.2 Å². The van der Waals surface area contributed by atoms with E-state index in [9.17, 15) is 9.59 Å². The van der Waals surface area contributed by atoms with E-state index in [1.165, 1.54) is 0 Å². The average Bonchev–Trinajstić information content (AvgIpc) is 3.02. The van der Waals surface area contributed by atoms with Crippen LogP contribution >= 0.6 is 0 Å². The maximum absolute atomic E-state index is 13.0. The summed E-state index contributed by atoms with van der Waals surface area (Å²) in [5.41, 5.74) is 1.90. The number of benzene rings is 1. The number of carbonyl (C=O) groups excluding carboxylic acids is 2. The van der Waals surface area contributed by atoms with Crippen LogP contribution in [0.25, 0.3) is 10.9 Å². The highest BCUT2D eigenvalue weighted by molar-refractivity contribution is 5.97. The number of hydrogen-bond acceptors (Lipinski definition) is 2. The molecule has 0 radical (unpaired) electrons. The van der Waals surface area contributed by atoms with E-state index in [4.69, 9.17) is 0 Å².